The van der Waals surface area contributed by atoms with Crippen LogP contribution in [0.4, 0.5) is 4.39 Å². The zero-order valence-corrected chi connectivity index (χ0v) is 10.1. The maximum atomic E-state index is 13.2. The Morgan fingerprint density at radius 1 is 1.35 bits per heavy atom. The number of nitrogens with two attached hydrogens (primary N) is 1. The van der Waals surface area contributed by atoms with Crippen molar-refractivity contribution >= 4 is 0 Å². The number of aromatic nitrogens is 2. The fraction of sp³-hybridized carbons (Fsp3) is 0.308. The normalized spacial score (nSPS) is 10.8. The summed E-state index contributed by atoms with van der Waals surface area (Å²) >= 11 is 0. The molecule has 0 bridgehead atoms. The van der Waals surface area contributed by atoms with E-state index in [-0.39, 0.29) is 5.82 Å². The lowest BCUT2D eigenvalue weighted by molar-refractivity contribution is 0.625. The van der Waals surface area contributed by atoms with Crippen LogP contribution in [0, 0.1) is 19.7 Å². The molecule has 0 radical (unpaired) electrons. The van der Waals surface area contributed by atoms with Gasteiger partial charge in [0.15, 0.2) is 0 Å². The lowest BCUT2D eigenvalue weighted by Gasteiger charge is -2.05. The molecule has 0 atom stereocenters. The van der Waals surface area contributed by atoms with Crippen molar-refractivity contribution in [3.05, 3.63) is 47.0 Å². The molecule has 1 heterocycles. The Balaban J connectivity index is 2.50. The molecule has 1 aromatic carbocycles. The third-order valence-corrected chi connectivity index (χ3v) is 2.89. The molecule has 0 aliphatic carbocycles. The quantitative estimate of drug-likeness (QED) is 0.882. The molecule has 0 unspecified atom stereocenters. The van der Waals surface area contributed by atoms with Crippen LogP contribution < -0.4 is 5.73 Å². The van der Waals surface area contributed by atoms with Gasteiger partial charge in [-0.05, 0) is 50.6 Å². The number of aryl methyl sites for hydroxylation is 1. The molecular formula is C13H16FN3. The molecule has 1 aromatic heterocycles. The molecule has 0 spiro atoms. The van der Waals surface area contributed by atoms with Crippen molar-refractivity contribution < 1.29 is 4.39 Å². The Morgan fingerprint density at radius 2 is 2.12 bits per heavy atom. The molecule has 2 N–H and O–H groups in total. The van der Waals surface area contributed by atoms with Crippen molar-refractivity contribution in [1.82, 2.24) is 9.78 Å². The SMILES string of the molecule is Cc1nn(-c2cccc(F)c2)c(C)c1CCN. The lowest BCUT2D eigenvalue weighted by Crippen LogP contribution is -2.05. The predicted octanol–water partition coefficient (Wildman–Crippen LogP) is 2.13. The number of nitrogens with zero attached hydrogens (tertiary/aromatic N) is 2. The lowest BCUT2D eigenvalue weighted by atomic mass is 10.1. The molecule has 0 aliphatic heterocycles. The summed E-state index contributed by atoms with van der Waals surface area (Å²) in [5.41, 5.74) is 9.45. The van der Waals surface area contributed by atoms with Gasteiger partial charge in [0.1, 0.15) is 5.82 Å². The highest BCUT2D eigenvalue weighted by Gasteiger charge is 2.12. The van der Waals surface area contributed by atoms with E-state index in [1.807, 2.05) is 19.9 Å². The second kappa shape index (κ2) is 4.67. The monoisotopic (exact) mass is 233 g/mol. The third kappa shape index (κ3) is 2.22. The van der Waals surface area contributed by atoms with Gasteiger partial charge in [-0.3, -0.25) is 0 Å². The molecule has 0 saturated carbocycles. The summed E-state index contributed by atoms with van der Waals surface area (Å²) in [4.78, 5) is 0. The van der Waals surface area contributed by atoms with Gasteiger partial charge >= 0.3 is 0 Å². The van der Waals surface area contributed by atoms with Crippen LogP contribution in [0.5, 0.6) is 0 Å². The van der Waals surface area contributed by atoms with Gasteiger partial charge in [0.2, 0.25) is 0 Å². The van der Waals surface area contributed by atoms with Crippen LogP contribution in [0.2, 0.25) is 0 Å². The number of rotatable bonds is 3. The van der Waals surface area contributed by atoms with Crippen molar-refractivity contribution in [2.45, 2.75) is 20.3 Å². The van der Waals surface area contributed by atoms with Gasteiger partial charge in [-0.1, -0.05) is 6.07 Å². The van der Waals surface area contributed by atoms with Crippen LogP contribution >= 0.6 is 0 Å². The second-order valence-corrected chi connectivity index (χ2v) is 4.08. The van der Waals surface area contributed by atoms with Gasteiger partial charge in [-0.25, -0.2) is 9.07 Å². The highest BCUT2D eigenvalue weighted by molar-refractivity contribution is 5.37. The van der Waals surface area contributed by atoms with Crippen molar-refractivity contribution in [1.29, 1.82) is 0 Å². The number of halogens is 1. The smallest absolute Gasteiger partial charge is 0.125 e. The van der Waals surface area contributed by atoms with E-state index in [1.54, 1.807) is 10.7 Å². The maximum Gasteiger partial charge on any atom is 0.125 e. The van der Waals surface area contributed by atoms with E-state index in [0.717, 1.165) is 29.1 Å². The first-order chi connectivity index (χ1) is 8.13. The first kappa shape index (κ1) is 11.8. The van der Waals surface area contributed by atoms with Crippen LogP contribution in [0.15, 0.2) is 24.3 Å². The Bertz CT molecular complexity index is 531. The largest absolute Gasteiger partial charge is 0.330 e. The molecule has 2 rings (SSSR count). The van der Waals surface area contributed by atoms with Crippen LogP contribution in [0.1, 0.15) is 17.0 Å². The zero-order valence-electron chi connectivity index (χ0n) is 10.1. The molecule has 90 valence electrons. The van der Waals surface area contributed by atoms with E-state index in [4.69, 9.17) is 5.73 Å². The van der Waals surface area contributed by atoms with E-state index in [9.17, 15) is 4.39 Å². The van der Waals surface area contributed by atoms with Gasteiger partial charge in [-0.2, -0.15) is 5.10 Å². The first-order valence-electron chi connectivity index (χ1n) is 5.64. The molecule has 3 nitrogen and oxygen atoms in total. The van der Waals surface area contributed by atoms with Crippen molar-refractivity contribution in [2.24, 2.45) is 5.73 Å². The Labute approximate surface area is 100 Å². The fourth-order valence-electron chi connectivity index (χ4n) is 2.04. The highest BCUT2D eigenvalue weighted by Crippen LogP contribution is 2.18. The van der Waals surface area contributed by atoms with E-state index in [2.05, 4.69) is 5.10 Å². The van der Waals surface area contributed by atoms with Gasteiger partial charge in [-0.15, -0.1) is 0 Å². The third-order valence-electron chi connectivity index (χ3n) is 2.89. The predicted molar refractivity (Wildman–Crippen MR) is 65.8 cm³/mol. The standard InChI is InChI=1S/C13H16FN3/c1-9-13(6-7-15)10(2)17(16-9)12-5-3-4-11(14)8-12/h3-5,8H,6-7,15H2,1-2H3. The van der Waals surface area contributed by atoms with Crippen molar-refractivity contribution in [3.63, 3.8) is 0 Å². The number of hydrogen-bond donors (Lipinski definition) is 1. The van der Waals surface area contributed by atoms with Crippen molar-refractivity contribution in [2.75, 3.05) is 6.54 Å². The topological polar surface area (TPSA) is 43.8 Å². The minimum atomic E-state index is -0.254. The van der Waals surface area contributed by atoms with Crippen LogP contribution in [-0.4, -0.2) is 16.3 Å². The zero-order chi connectivity index (χ0) is 12.4. The number of benzene rings is 1. The number of hydrogen-bond acceptors (Lipinski definition) is 2. The fourth-order valence-corrected chi connectivity index (χ4v) is 2.04. The Morgan fingerprint density at radius 3 is 2.76 bits per heavy atom. The second-order valence-electron chi connectivity index (χ2n) is 4.08. The molecule has 4 heteroatoms. The Hall–Kier alpha value is -1.68. The van der Waals surface area contributed by atoms with Gasteiger partial charge in [0.05, 0.1) is 11.4 Å². The molecule has 17 heavy (non-hydrogen) atoms. The summed E-state index contributed by atoms with van der Waals surface area (Å²) in [6.45, 7) is 4.53. The first-order valence-corrected chi connectivity index (χ1v) is 5.64. The minimum absolute atomic E-state index is 0.254. The van der Waals surface area contributed by atoms with Crippen LogP contribution in [0.3, 0.4) is 0 Å². The van der Waals surface area contributed by atoms with E-state index >= 15 is 0 Å². The summed E-state index contributed by atoms with van der Waals surface area (Å²) in [7, 11) is 0. The minimum Gasteiger partial charge on any atom is -0.330 e. The Kier molecular flexibility index (Phi) is 3.24. The van der Waals surface area contributed by atoms with Gasteiger partial charge < -0.3 is 5.73 Å². The van der Waals surface area contributed by atoms with Gasteiger partial charge in [0.25, 0.3) is 0 Å². The molecule has 0 amide bonds. The average Bonchev–Trinajstić information content (AvgIpc) is 2.57. The van der Waals surface area contributed by atoms with E-state index in [1.165, 1.54) is 12.1 Å². The summed E-state index contributed by atoms with van der Waals surface area (Å²) in [5.74, 6) is -0.254. The summed E-state index contributed by atoms with van der Waals surface area (Å²) in [6.07, 6.45) is 0.799. The molecular weight excluding hydrogens is 217 g/mol. The average molecular weight is 233 g/mol. The van der Waals surface area contributed by atoms with E-state index < -0.39 is 0 Å². The van der Waals surface area contributed by atoms with Crippen LogP contribution in [0.25, 0.3) is 5.69 Å². The molecule has 0 saturated heterocycles. The van der Waals surface area contributed by atoms with E-state index in [0.29, 0.717) is 6.54 Å². The van der Waals surface area contributed by atoms with Crippen molar-refractivity contribution in [3.8, 4) is 5.69 Å². The summed E-state index contributed by atoms with van der Waals surface area (Å²) in [6, 6.07) is 6.43. The summed E-state index contributed by atoms with van der Waals surface area (Å²) < 4.78 is 14.9. The highest BCUT2D eigenvalue weighted by atomic mass is 19.1. The molecule has 2 aromatic rings. The summed E-state index contributed by atoms with van der Waals surface area (Å²) in [5, 5.41) is 4.43. The van der Waals surface area contributed by atoms with Crippen LogP contribution in [-0.2, 0) is 6.42 Å². The van der Waals surface area contributed by atoms with Gasteiger partial charge in [0, 0.05) is 5.69 Å². The molecule has 0 aliphatic rings. The molecule has 0 fully saturated rings. The maximum absolute atomic E-state index is 13.2.